The Morgan fingerprint density at radius 3 is 2.47 bits per heavy atom. The van der Waals surface area contributed by atoms with E-state index in [9.17, 15) is 29.4 Å². The largest absolute Gasteiger partial charge is 0.472 e. The summed E-state index contributed by atoms with van der Waals surface area (Å²) in [5.74, 6) is -5.01. The first kappa shape index (κ1) is 30.0. The van der Waals surface area contributed by atoms with E-state index >= 15 is 0 Å². The molecule has 5 aliphatic rings. The Balaban J connectivity index is 1.55. The molecule has 2 saturated heterocycles. The summed E-state index contributed by atoms with van der Waals surface area (Å²) in [6.45, 7) is 10.2. The van der Waals surface area contributed by atoms with Crippen molar-refractivity contribution in [1.82, 2.24) is 0 Å². The van der Waals surface area contributed by atoms with E-state index in [2.05, 4.69) is 0 Å². The van der Waals surface area contributed by atoms with Gasteiger partial charge in [0, 0.05) is 45.1 Å². The molecular formula is C32H40O11. The van der Waals surface area contributed by atoms with Gasteiger partial charge in [-0.15, -0.1) is 0 Å². The van der Waals surface area contributed by atoms with Crippen molar-refractivity contribution < 1.29 is 52.8 Å². The Labute approximate surface area is 249 Å². The number of allylic oxidation sites excluding steroid dienone is 1. The molecule has 1 aromatic rings. The second-order valence-corrected chi connectivity index (χ2v) is 14.1. The summed E-state index contributed by atoms with van der Waals surface area (Å²) in [6, 6.07) is 1.75. The number of methoxy groups -OCH3 is 1. The molecule has 0 unspecified atom stereocenters. The molecule has 1 spiro atoms. The van der Waals surface area contributed by atoms with Gasteiger partial charge in [-0.2, -0.15) is 0 Å². The number of ether oxygens (including phenoxy) is 4. The van der Waals surface area contributed by atoms with Gasteiger partial charge in [0.25, 0.3) is 0 Å². The number of aliphatic hydroxyl groups is 2. The minimum Gasteiger partial charge on any atom is -0.472 e. The number of furan rings is 1. The van der Waals surface area contributed by atoms with Crippen molar-refractivity contribution in [2.75, 3.05) is 7.11 Å². The molecule has 1 aromatic heterocycles. The number of carbonyl (C=O) groups is 4. The summed E-state index contributed by atoms with van der Waals surface area (Å²) in [5.41, 5.74) is -6.06. The zero-order valence-electron chi connectivity index (χ0n) is 25.5. The molecule has 3 aliphatic carbocycles. The number of Topliss-reactive ketones (excluding diaryl/α,β-unsaturated/α-hetero) is 1. The summed E-state index contributed by atoms with van der Waals surface area (Å²) in [7, 11) is 1.15. The van der Waals surface area contributed by atoms with E-state index in [1.807, 2.05) is 6.92 Å². The predicted molar refractivity (Wildman–Crippen MR) is 147 cm³/mol. The zero-order chi connectivity index (χ0) is 31.5. The topological polar surface area (TPSA) is 162 Å². The fraction of sp³-hybridized carbons (Fsp3) is 0.688. The van der Waals surface area contributed by atoms with Crippen LogP contribution in [0.25, 0.3) is 0 Å². The fourth-order valence-corrected chi connectivity index (χ4v) is 9.95. The molecule has 3 heterocycles. The van der Waals surface area contributed by atoms with Crippen molar-refractivity contribution in [3.05, 3.63) is 35.8 Å². The van der Waals surface area contributed by atoms with Crippen molar-refractivity contribution >= 4 is 23.7 Å². The van der Waals surface area contributed by atoms with Crippen LogP contribution in [0, 0.1) is 34.0 Å². The van der Waals surface area contributed by atoms with Crippen LogP contribution in [0.2, 0.25) is 0 Å². The highest BCUT2D eigenvalue weighted by Gasteiger charge is 2.91. The van der Waals surface area contributed by atoms with Gasteiger partial charge in [0.15, 0.2) is 17.5 Å². The Morgan fingerprint density at radius 1 is 1.16 bits per heavy atom. The number of fused-ring (bicyclic) bond motifs is 5. The smallest absolute Gasteiger partial charge is 0.335 e. The molecule has 11 heteroatoms. The minimum atomic E-state index is -2.32. The maximum absolute atomic E-state index is 14.7. The summed E-state index contributed by atoms with van der Waals surface area (Å²) >= 11 is 0. The van der Waals surface area contributed by atoms with E-state index in [4.69, 9.17) is 23.4 Å². The minimum absolute atomic E-state index is 0.0199. The summed E-state index contributed by atoms with van der Waals surface area (Å²) in [5, 5.41) is 24.2. The van der Waals surface area contributed by atoms with Gasteiger partial charge in [-0.25, -0.2) is 9.59 Å². The third-order valence-electron chi connectivity index (χ3n) is 11.8. The van der Waals surface area contributed by atoms with Crippen LogP contribution in [0.1, 0.15) is 72.5 Å². The van der Waals surface area contributed by atoms with Crippen molar-refractivity contribution in [3.63, 3.8) is 0 Å². The third kappa shape index (κ3) is 3.52. The average molecular weight is 601 g/mol. The van der Waals surface area contributed by atoms with E-state index < -0.39 is 93.3 Å². The maximum Gasteiger partial charge on any atom is 0.335 e. The first-order chi connectivity index (χ1) is 20.1. The molecule has 0 aromatic carbocycles. The molecule has 3 saturated carbocycles. The van der Waals surface area contributed by atoms with E-state index in [1.165, 1.54) is 6.26 Å². The third-order valence-corrected chi connectivity index (χ3v) is 11.8. The van der Waals surface area contributed by atoms with Crippen molar-refractivity contribution in [3.8, 4) is 0 Å². The van der Waals surface area contributed by atoms with Crippen LogP contribution in [-0.2, 0) is 38.1 Å². The number of hydrogen-bond acceptors (Lipinski definition) is 11. The first-order valence-corrected chi connectivity index (χ1v) is 14.8. The molecule has 2 N–H and O–H groups in total. The van der Waals surface area contributed by atoms with Gasteiger partial charge in [0.1, 0.15) is 23.9 Å². The second-order valence-electron chi connectivity index (χ2n) is 14.1. The standard InChI is InChI=1S/C32H40O11/c1-8-15(2)23(35)42-26-28(3,4)21(20(34)24(36)39-7)30(6)17-9-11-29(5)18(32(17)27(43-32)31(26,38)25(30)37)13-19(33)41-22(29)16-10-12-40-14-16/h8,10,12,14,17-18,20-22,26-27,34,38H,9,11,13H2,1-7H3/t17-,18+,20+,21-,22+,26+,27+,29+,30-,31-,32+/m0/s1. The van der Waals surface area contributed by atoms with Gasteiger partial charge in [-0.1, -0.05) is 33.8 Å². The predicted octanol–water partition coefficient (Wildman–Crippen LogP) is 2.83. The molecule has 2 bridgehead atoms. The van der Waals surface area contributed by atoms with Crippen molar-refractivity contribution in [1.29, 1.82) is 0 Å². The zero-order valence-corrected chi connectivity index (χ0v) is 25.5. The number of aliphatic hydroxyl groups excluding tert-OH is 1. The number of hydrogen-bond donors (Lipinski definition) is 2. The maximum atomic E-state index is 14.7. The number of rotatable bonds is 5. The number of carbonyl (C=O) groups excluding carboxylic acids is 4. The lowest BCUT2D eigenvalue weighted by molar-refractivity contribution is -0.260. The second kappa shape index (κ2) is 9.25. The fourth-order valence-electron chi connectivity index (χ4n) is 9.95. The Morgan fingerprint density at radius 2 is 1.86 bits per heavy atom. The lowest BCUT2D eigenvalue weighted by Crippen LogP contribution is -2.81. The van der Waals surface area contributed by atoms with E-state index in [1.54, 1.807) is 53.0 Å². The number of esters is 3. The normalized spacial score (nSPS) is 45.1. The molecule has 6 rings (SSSR count). The van der Waals surface area contributed by atoms with Gasteiger partial charge in [0.2, 0.25) is 0 Å². The molecule has 0 radical (unpaired) electrons. The van der Waals surface area contributed by atoms with Gasteiger partial charge in [-0.05, 0) is 32.8 Å². The molecule has 0 amide bonds. The molecule has 234 valence electrons. The Hall–Kier alpha value is -3.02. The Kier molecular flexibility index (Phi) is 6.46. The molecule has 43 heavy (non-hydrogen) atoms. The molecule has 11 atom stereocenters. The quantitative estimate of drug-likeness (QED) is 0.221. The highest BCUT2D eigenvalue weighted by atomic mass is 16.6. The SMILES string of the molecule is CC=C(C)C(=O)O[C@@H]1C(C)(C)[C@H]([C@@H](O)C(=O)OC)[C@@]2(C)C(=O)[C@@]1(O)[C@H]1O[C@]13[C@@H]1CC(=O)O[C@H](c4ccoc4)[C@]1(C)CC[C@@H]23. The molecule has 11 nitrogen and oxygen atoms in total. The summed E-state index contributed by atoms with van der Waals surface area (Å²) < 4.78 is 28.7. The first-order valence-electron chi connectivity index (χ1n) is 14.8. The molecule has 2 aliphatic heterocycles. The van der Waals surface area contributed by atoms with Crippen molar-refractivity contribution in [2.24, 2.45) is 34.0 Å². The van der Waals surface area contributed by atoms with Crippen LogP contribution in [0.5, 0.6) is 0 Å². The number of epoxide rings is 1. The monoisotopic (exact) mass is 600 g/mol. The molecular weight excluding hydrogens is 560 g/mol. The summed E-state index contributed by atoms with van der Waals surface area (Å²) in [4.78, 5) is 54.1. The van der Waals surface area contributed by atoms with Crippen LogP contribution in [-0.4, -0.2) is 70.5 Å². The van der Waals surface area contributed by atoms with Crippen molar-refractivity contribution in [2.45, 2.75) is 96.4 Å². The van der Waals surface area contributed by atoms with Crippen LogP contribution in [0.15, 0.2) is 34.7 Å². The number of cyclic esters (lactones) is 1. The number of ketones is 1. The van der Waals surface area contributed by atoms with Gasteiger partial charge in [-0.3, -0.25) is 9.59 Å². The highest BCUT2D eigenvalue weighted by Crippen LogP contribution is 2.78. The lowest BCUT2D eigenvalue weighted by Gasteiger charge is -2.67. The average Bonchev–Trinajstić information content (AvgIpc) is 3.45. The van der Waals surface area contributed by atoms with Gasteiger partial charge in [0.05, 0.1) is 26.1 Å². The highest BCUT2D eigenvalue weighted by molar-refractivity contribution is 5.99. The summed E-state index contributed by atoms with van der Waals surface area (Å²) in [6.07, 6.45) is 0.521. The van der Waals surface area contributed by atoms with Gasteiger partial charge >= 0.3 is 17.9 Å². The van der Waals surface area contributed by atoms with Crippen LogP contribution >= 0.6 is 0 Å². The van der Waals surface area contributed by atoms with E-state index in [-0.39, 0.29) is 12.0 Å². The Bertz CT molecular complexity index is 1410. The van der Waals surface area contributed by atoms with Crippen LogP contribution in [0.4, 0.5) is 0 Å². The lowest BCUT2D eigenvalue weighted by atomic mass is 9.36. The van der Waals surface area contributed by atoms with E-state index in [0.717, 1.165) is 7.11 Å². The molecule has 5 fully saturated rings. The van der Waals surface area contributed by atoms with E-state index in [0.29, 0.717) is 18.4 Å². The van der Waals surface area contributed by atoms with Crippen LogP contribution < -0.4 is 0 Å². The van der Waals surface area contributed by atoms with Gasteiger partial charge < -0.3 is 33.6 Å². The van der Waals surface area contributed by atoms with Crippen LogP contribution in [0.3, 0.4) is 0 Å².